The average molecular weight is 281 g/mol. The number of thioether (sulfide) groups is 1. The summed E-state index contributed by atoms with van der Waals surface area (Å²) in [7, 11) is 3.19. The van der Waals surface area contributed by atoms with Gasteiger partial charge in [0.2, 0.25) is 0 Å². The molecule has 0 spiro atoms. The van der Waals surface area contributed by atoms with Crippen LogP contribution in [0.1, 0.15) is 5.56 Å². The molecule has 2 rings (SSSR count). The van der Waals surface area contributed by atoms with Crippen molar-refractivity contribution in [2.45, 2.75) is 5.75 Å². The number of hydrogen-bond donors (Lipinski definition) is 2. The first-order valence-electron chi connectivity index (χ1n) is 5.67. The number of nitrogens with one attached hydrogen (secondary N) is 1. The van der Waals surface area contributed by atoms with Gasteiger partial charge in [0.1, 0.15) is 0 Å². The summed E-state index contributed by atoms with van der Waals surface area (Å²) >= 11 is 1.37. The molecule has 1 heterocycles. The highest BCUT2D eigenvalue weighted by molar-refractivity contribution is 7.99. The Morgan fingerprint density at radius 1 is 1.32 bits per heavy atom. The number of carboxylic acid groups (broad SMARTS) is 1. The van der Waals surface area contributed by atoms with E-state index in [1.165, 1.54) is 11.8 Å². The molecule has 0 aliphatic carbocycles. The quantitative estimate of drug-likeness (QED) is 0.851. The molecule has 0 fully saturated rings. The number of rotatable bonds is 6. The average Bonchev–Trinajstić information content (AvgIpc) is 2.79. The van der Waals surface area contributed by atoms with E-state index < -0.39 is 5.97 Å². The molecule has 0 saturated carbocycles. The predicted molar refractivity (Wildman–Crippen MR) is 75.2 cm³/mol. The first kappa shape index (κ1) is 13.6. The van der Waals surface area contributed by atoms with E-state index in [0.717, 1.165) is 16.5 Å². The summed E-state index contributed by atoms with van der Waals surface area (Å²) in [6.45, 7) is 0. The van der Waals surface area contributed by atoms with Crippen molar-refractivity contribution in [1.29, 1.82) is 0 Å². The zero-order valence-corrected chi connectivity index (χ0v) is 11.5. The first-order valence-corrected chi connectivity index (χ1v) is 6.82. The highest BCUT2D eigenvalue weighted by Gasteiger charge is 2.11. The number of methoxy groups -OCH3 is 2. The first-order chi connectivity index (χ1) is 9.15. The molecule has 0 amide bonds. The van der Waals surface area contributed by atoms with Crippen LogP contribution in [-0.2, 0) is 10.5 Å². The molecule has 5 nitrogen and oxygen atoms in total. The summed E-state index contributed by atoms with van der Waals surface area (Å²) in [6, 6.07) is 3.78. The van der Waals surface area contributed by atoms with Crippen LogP contribution < -0.4 is 9.47 Å². The number of fused-ring (bicyclic) bond motifs is 1. The van der Waals surface area contributed by atoms with Gasteiger partial charge in [0, 0.05) is 28.9 Å². The fourth-order valence-corrected chi connectivity index (χ4v) is 2.61. The van der Waals surface area contributed by atoms with Crippen LogP contribution >= 0.6 is 11.8 Å². The molecule has 1 aromatic carbocycles. The Kier molecular flexibility index (Phi) is 4.21. The third kappa shape index (κ3) is 2.96. The van der Waals surface area contributed by atoms with Gasteiger partial charge in [-0.25, -0.2) is 0 Å². The van der Waals surface area contributed by atoms with Gasteiger partial charge >= 0.3 is 5.97 Å². The molecule has 0 aliphatic heterocycles. The van der Waals surface area contributed by atoms with E-state index >= 15 is 0 Å². The van der Waals surface area contributed by atoms with Crippen LogP contribution in [0.25, 0.3) is 10.9 Å². The van der Waals surface area contributed by atoms with Gasteiger partial charge in [0.15, 0.2) is 11.5 Å². The van der Waals surface area contributed by atoms with Crippen LogP contribution in [0.2, 0.25) is 0 Å². The van der Waals surface area contributed by atoms with Crippen molar-refractivity contribution in [3.05, 3.63) is 23.9 Å². The van der Waals surface area contributed by atoms with E-state index in [1.807, 2.05) is 18.3 Å². The van der Waals surface area contributed by atoms with Gasteiger partial charge in [-0.1, -0.05) is 0 Å². The molecule has 102 valence electrons. The van der Waals surface area contributed by atoms with E-state index in [4.69, 9.17) is 14.6 Å². The third-order valence-corrected chi connectivity index (χ3v) is 3.72. The SMILES string of the molecule is COc1cc2[nH]cc(CSCC(=O)O)c2cc1OC. The van der Waals surface area contributed by atoms with Crippen LogP contribution in [-0.4, -0.2) is 36.0 Å². The second-order valence-electron chi connectivity index (χ2n) is 3.95. The molecule has 0 atom stereocenters. The second kappa shape index (κ2) is 5.88. The topological polar surface area (TPSA) is 71.6 Å². The molecule has 1 aromatic heterocycles. The van der Waals surface area contributed by atoms with Crippen LogP contribution in [0.3, 0.4) is 0 Å². The number of H-pyrrole nitrogens is 1. The number of aliphatic carboxylic acids is 1. The van der Waals surface area contributed by atoms with Crippen LogP contribution in [0.5, 0.6) is 11.5 Å². The van der Waals surface area contributed by atoms with Crippen molar-refractivity contribution in [3.63, 3.8) is 0 Å². The van der Waals surface area contributed by atoms with Crippen molar-refractivity contribution in [2.24, 2.45) is 0 Å². The number of hydrogen-bond acceptors (Lipinski definition) is 4. The Labute approximate surface area is 114 Å². The minimum absolute atomic E-state index is 0.0972. The van der Waals surface area contributed by atoms with E-state index in [0.29, 0.717) is 17.3 Å². The molecule has 0 saturated heterocycles. The van der Waals surface area contributed by atoms with Crippen LogP contribution in [0.15, 0.2) is 18.3 Å². The third-order valence-electron chi connectivity index (χ3n) is 2.75. The lowest BCUT2D eigenvalue weighted by molar-refractivity contribution is -0.133. The lowest BCUT2D eigenvalue weighted by atomic mass is 10.2. The fourth-order valence-electron chi connectivity index (χ4n) is 1.87. The summed E-state index contributed by atoms with van der Waals surface area (Å²) in [6.07, 6.45) is 1.89. The van der Waals surface area contributed by atoms with Crippen molar-refractivity contribution < 1.29 is 19.4 Å². The zero-order valence-electron chi connectivity index (χ0n) is 10.7. The lowest BCUT2D eigenvalue weighted by Crippen LogP contribution is -1.98. The summed E-state index contributed by atoms with van der Waals surface area (Å²) < 4.78 is 10.5. The summed E-state index contributed by atoms with van der Waals surface area (Å²) in [5, 5.41) is 9.66. The lowest BCUT2D eigenvalue weighted by Gasteiger charge is -2.07. The Morgan fingerprint density at radius 3 is 2.63 bits per heavy atom. The normalized spacial score (nSPS) is 10.6. The van der Waals surface area contributed by atoms with E-state index in [-0.39, 0.29) is 5.75 Å². The van der Waals surface area contributed by atoms with Crippen molar-refractivity contribution >= 4 is 28.6 Å². The standard InChI is InChI=1S/C13H15NO4S/c1-17-11-3-9-8(6-19-7-13(15)16)5-14-10(9)4-12(11)18-2/h3-5,14H,6-7H2,1-2H3,(H,15,16). The van der Waals surface area contributed by atoms with Crippen LogP contribution in [0.4, 0.5) is 0 Å². The fraction of sp³-hybridized carbons (Fsp3) is 0.308. The van der Waals surface area contributed by atoms with Gasteiger partial charge in [0.05, 0.1) is 20.0 Å². The van der Waals surface area contributed by atoms with E-state index in [2.05, 4.69) is 4.98 Å². The van der Waals surface area contributed by atoms with E-state index in [1.54, 1.807) is 14.2 Å². The zero-order chi connectivity index (χ0) is 13.8. The maximum atomic E-state index is 10.5. The van der Waals surface area contributed by atoms with Gasteiger partial charge < -0.3 is 19.6 Å². The largest absolute Gasteiger partial charge is 0.493 e. The molecule has 0 unspecified atom stereocenters. The van der Waals surface area contributed by atoms with Gasteiger partial charge in [-0.3, -0.25) is 4.79 Å². The molecule has 2 N–H and O–H groups in total. The van der Waals surface area contributed by atoms with Crippen LogP contribution in [0, 0.1) is 0 Å². The minimum Gasteiger partial charge on any atom is -0.493 e. The predicted octanol–water partition coefficient (Wildman–Crippen LogP) is 2.50. The smallest absolute Gasteiger partial charge is 0.313 e. The Morgan fingerprint density at radius 2 is 2.00 bits per heavy atom. The van der Waals surface area contributed by atoms with Crippen molar-refractivity contribution in [1.82, 2.24) is 4.98 Å². The highest BCUT2D eigenvalue weighted by atomic mass is 32.2. The number of aromatic amines is 1. The molecule has 0 bridgehead atoms. The monoisotopic (exact) mass is 281 g/mol. The minimum atomic E-state index is -0.802. The summed E-state index contributed by atoms with van der Waals surface area (Å²) in [5.41, 5.74) is 2.01. The highest BCUT2D eigenvalue weighted by Crippen LogP contribution is 2.34. The number of carbonyl (C=O) groups is 1. The Balaban J connectivity index is 2.28. The molecule has 19 heavy (non-hydrogen) atoms. The summed E-state index contributed by atoms with van der Waals surface area (Å²) in [5.74, 6) is 1.27. The van der Waals surface area contributed by atoms with Gasteiger partial charge in [-0.2, -0.15) is 0 Å². The maximum Gasteiger partial charge on any atom is 0.313 e. The number of aromatic nitrogens is 1. The Bertz CT molecular complexity index is 594. The van der Waals surface area contributed by atoms with Crippen molar-refractivity contribution in [2.75, 3.05) is 20.0 Å². The molecule has 6 heteroatoms. The molecular formula is C13H15NO4S. The van der Waals surface area contributed by atoms with Crippen molar-refractivity contribution in [3.8, 4) is 11.5 Å². The number of carboxylic acids is 1. The Hall–Kier alpha value is -1.82. The molecular weight excluding hydrogens is 266 g/mol. The van der Waals surface area contributed by atoms with Gasteiger partial charge in [-0.05, 0) is 11.6 Å². The van der Waals surface area contributed by atoms with Gasteiger partial charge in [0.25, 0.3) is 0 Å². The van der Waals surface area contributed by atoms with Gasteiger partial charge in [-0.15, -0.1) is 11.8 Å². The maximum absolute atomic E-state index is 10.5. The second-order valence-corrected chi connectivity index (χ2v) is 4.94. The molecule has 0 radical (unpaired) electrons. The number of ether oxygens (including phenoxy) is 2. The number of benzene rings is 1. The molecule has 0 aliphatic rings. The summed E-state index contributed by atoms with van der Waals surface area (Å²) in [4.78, 5) is 13.7. The molecule has 2 aromatic rings. The van der Waals surface area contributed by atoms with E-state index in [9.17, 15) is 4.79 Å².